The van der Waals surface area contributed by atoms with Crippen LogP contribution in [-0.2, 0) is 11.2 Å². The van der Waals surface area contributed by atoms with E-state index in [1.165, 1.54) is 0 Å². The van der Waals surface area contributed by atoms with Crippen molar-refractivity contribution in [1.82, 2.24) is 5.32 Å². The topological polar surface area (TPSA) is 73.1 Å². The monoisotopic (exact) mass is 280 g/mol. The molecule has 0 heterocycles. The zero-order valence-corrected chi connectivity index (χ0v) is 11.5. The minimum Gasteiger partial charge on any atom is -0.394 e. The Hall–Kier alpha value is -2.64. The zero-order valence-electron chi connectivity index (χ0n) is 11.5. The van der Waals surface area contributed by atoms with Gasteiger partial charge in [-0.3, -0.25) is 4.79 Å². The molecule has 2 rings (SSSR count). The van der Waals surface area contributed by atoms with Crippen molar-refractivity contribution in [3.05, 3.63) is 71.3 Å². The maximum atomic E-state index is 12.0. The molecule has 106 valence electrons. The summed E-state index contributed by atoms with van der Waals surface area (Å²) in [5.41, 5.74) is 2.26. The van der Waals surface area contributed by atoms with Gasteiger partial charge in [-0.25, -0.2) is 0 Å². The first-order chi connectivity index (χ1) is 10.2. The van der Waals surface area contributed by atoms with Crippen molar-refractivity contribution in [3.63, 3.8) is 0 Å². The van der Waals surface area contributed by atoms with Gasteiger partial charge >= 0.3 is 0 Å². The normalized spacial score (nSPS) is 11.4. The Morgan fingerprint density at radius 1 is 1.14 bits per heavy atom. The molecule has 4 nitrogen and oxygen atoms in total. The van der Waals surface area contributed by atoms with Crippen molar-refractivity contribution < 1.29 is 9.90 Å². The molecule has 0 saturated carbocycles. The highest BCUT2D eigenvalue weighted by Gasteiger charge is 2.13. The van der Waals surface area contributed by atoms with Gasteiger partial charge in [-0.05, 0) is 23.3 Å². The first-order valence-corrected chi connectivity index (χ1v) is 6.67. The van der Waals surface area contributed by atoms with E-state index in [4.69, 9.17) is 5.26 Å². The maximum absolute atomic E-state index is 12.0. The predicted octanol–water partition coefficient (Wildman–Crippen LogP) is 1.95. The number of carbonyl (C=O) groups is 1. The third kappa shape index (κ3) is 4.16. The molecule has 0 unspecified atom stereocenters. The van der Waals surface area contributed by atoms with Crippen LogP contribution < -0.4 is 5.32 Å². The lowest BCUT2D eigenvalue weighted by Gasteiger charge is -2.16. The molecule has 2 aromatic rings. The van der Waals surface area contributed by atoms with Crippen LogP contribution in [0.2, 0.25) is 0 Å². The Morgan fingerprint density at radius 2 is 1.81 bits per heavy atom. The van der Waals surface area contributed by atoms with Gasteiger partial charge in [0.05, 0.1) is 30.7 Å². The Balaban J connectivity index is 1.98. The number of carbonyl (C=O) groups excluding carboxylic acids is 1. The van der Waals surface area contributed by atoms with E-state index in [1.54, 1.807) is 24.3 Å². The van der Waals surface area contributed by atoms with Crippen molar-refractivity contribution in [2.45, 2.75) is 12.5 Å². The van der Waals surface area contributed by atoms with E-state index in [1.807, 2.05) is 36.4 Å². The van der Waals surface area contributed by atoms with Crippen LogP contribution in [0.5, 0.6) is 0 Å². The predicted molar refractivity (Wildman–Crippen MR) is 79.3 cm³/mol. The van der Waals surface area contributed by atoms with Gasteiger partial charge in [0.15, 0.2) is 0 Å². The smallest absolute Gasteiger partial charge is 0.224 e. The van der Waals surface area contributed by atoms with E-state index in [-0.39, 0.29) is 18.9 Å². The average molecular weight is 280 g/mol. The molecule has 1 atom stereocenters. The van der Waals surface area contributed by atoms with E-state index in [9.17, 15) is 9.90 Å². The Kier molecular flexibility index (Phi) is 5.08. The third-order valence-electron chi connectivity index (χ3n) is 3.17. The molecule has 0 fully saturated rings. The van der Waals surface area contributed by atoms with Crippen LogP contribution in [0, 0.1) is 11.3 Å². The van der Waals surface area contributed by atoms with Crippen LogP contribution in [0.1, 0.15) is 22.7 Å². The van der Waals surface area contributed by atoms with Gasteiger partial charge < -0.3 is 10.4 Å². The summed E-state index contributed by atoms with van der Waals surface area (Å²) in [5.74, 6) is -0.164. The average Bonchev–Trinajstić information content (AvgIpc) is 2.54. The molecule has 0 aliphatic heterocycles. The van der Waals surface area contributed by atoms with Crippen LogP contribution in [0.15, 0.2) is 54.6 Å². The van der Waals surface area contributed by atoms with E-state index >= 15 is 0 Å². The number of hydrogen-bond acceptors (Lipinski definition) is 3. The Labute approximate surface area is 123 Å². The number of rotatable bonds is 5. The van der Waals surface area contributed by atoms with Crippen molar-refractivity contribution in [2.75, 3.05) is 6.61 Å². The number of nitrogens with one attached hydrogen (secondary N) is 1. The zero-order chi connectivity index (χ0) is 15.1. The number of amides is 1. The van der Waals surface area contributed by atoms with Gasteiger partial charge in [0, 0.05) is 0 Å². The summed E-state index contributed by atoms with van der Waals surface area (Å²) < 4.78 is 0. The number of hydrogen-bond donors (Lipinski definition) is 2. The fourth-order valence-corrected chi connectivity index (χ4v) is 2.05. The second kappa shape index (κ2) is 7.22. The van der Waals surface area contributed by atoms with Crippen molar-refractivity contribution in [3.8, 4) is 6.07 Å². The molecule has 2 aromatic carbocycles. The highest BCUT2D eigenvalue weighted by molar-refractivity contribution is 5.79. The second-order valence-corrected chi connectivity index (χ2v) is 4.70. The lowest BCUT2D eigenvalue weighted by atomic mass is 10.1. The first-order valence-electron chi connectivity index (χ1n) is 6.67. The van der Waals surface area contributed by atoms with Crippen LogP contribution in [0.4, 0.5) is 0 Å². The molecule has 21 heavy (non-hydrogen) atoms. The van der Waals surface area contributed by atoms with Crippen LogP contribution in [0.25, 0.3) is 0 Å². The molecule has 0 spiro atoms. The van der Waals surface area contributed by atoms with Crippen molar-refractivity contribution in [1.29, 1.82) is 5.26 Å². The number of aliphatic hydroxyl groups is 1. The quantitative estimate of drug-likeness (QED) is 0.879. The first kappa shape index (κ1) is 14.8. The molecule has 1 amide bonds. The second-order valence-electron chi connectivity index (χ2n) is 4.70. The molecule has 0 radical (unpaired) electrons. The van der Waals surface area contributed by atoms with Gasteiger partial charge in [0.1, 0.15) is 0 Å². The summed E-state index contributed by atoms with van der Waals surface area (Å²) in [6.07, 6.45) is 0.217. The van der Waals surface area contributed by atoms with Crippen LogP contribution in [0.3, 0.4) is 0 Å². The molecule has 0 aromatic heterocycles. The summed E-state index contributed by atoms with van der Waals surface area (Å²) in [6.45, 7) is -0.150. The van der Waals surface area contributed by atoms with E-state index < -0.39 is 6.04 Å². The SMILES string of the molecule is N#Cc1ccc(CC(=O)N[C@H](CO)c2ccccc2)cc1. The van der Waals surface area contributed by atoms with Gasteiger partial charge in [-0.1, -0.05) is 42.5 Å². The summed E-state index contributed by atoms with van der Waals surface area (Å²) >= 11 is 0. The summed E-state index contributed by atoms with van der Waals surface area (Å²) in [5, 5.41) is 20.9. The molecular formula is C17H16N2O2. The lowest BCUT2D eigenvalue weighted by molar-refractivity contribution is -0.121. The van der Waals surface area contributed by atoms with Crippen LogP contribution in [-0.4, -0.2) is 17.6 Å². The van der Waals surface area contributed by atoms with Crippen LogP contribution >= 0.6 is 0 Å². The number of nitrogens with zero attached hydrogens (tertiary/aromatic N) is 1. The highest BCUT2D eigenvalue weighted by Crippen LogP contribution is 2.12. The minimum absolute atomic E-state index is 0.150. The van der Waals surface area contributed by atoms with Crippen molar-refractivity contribution in [2.24, 2.45) is 0 Å². The highest BCUT2D eigenvalue weighted by atomic mass is 16.3. The third-order valence-corrected chi connectivity index (χ3v) is 3.17. The van der Waals surface area contributed by atoms with E-state index in [0.717, 1.165) is 11.1 Å². The van der Waals surface area contributed by atoms with Gasteiger partial charge in [0.2, 0.25) is 5.91 Å². The summed E-state index contributed by atoms with van der Waals surface area (Å²) in [6, 6.07) is 17.9. The molecule has 0 bridgehead atoms. The van der Waals surface area contributed by atoms with Gasteiger partial charge in [0.25, 0.3) is 0 Å². The van der Waals surface area contributed by atoms with E-state index in [2.05, 4.69) is 5.32 Å². The molecular weight excluding hydrogens is 264 g/mol. The van der Waals surface area contributed by atoms with Gasteiger partial charge in [-0.15, -0.1) is 0 Å². The number of nitriles is 1. The molecule has 0 aliphatic rings. The van der Waals surface area contributed by atoms with E-state index in [0.29, 0.717) is 5.56 Å². The van der Waals surface area contributed by atoms with Crippen molar-refractivity contribution >= 4 is 5.91 Å². The fourth-order valence-electron chi connectivity index (χ4n) is 2.05. The summed E-state index contributed by atoms with van der Waals surface area (Å²) in [4.78, 5) is 12.0. The molecule has 2 N–H and O–H groups in total. The minimum atomic E-state index is -0.405. The number of benzene rings is 2. The molecule has 0 aliphatic carbocycles. The Morgan fingerprint density at radius 3 is 2.38 bits per heavy atom. The summed E-state index contributed by atoms with van der Waals surface area (Å²) in [7, 11) is 0. The maximum Gasteiger partial charge on any atom is 0.224 e. The molecule has 4 heteroatoms. The number of aliphatic hydroxyl groups excluding tert-OH is 1. The largest absolute Gasteiger partial charge is 0.394 e. The fraction of sp³-hybridized carbons (Fsp3) is 0.176. The van der Waals surface area contributed by atoms with Gasteiger partial charge in [-0.2, -0.15) is 5.26 Å². The Bertz CT molecular complexity index is 630. The lowest BCUT2D eigenvalue weighted by Crippen LogP contribution is -2.31. The molecule has 0 saturated heterocycles. The standard InChI is InChI=1S/C17H16N2O2/c18-11-14-8-6-13(7-9-14)10-17(21)19-16(12-20)15-4-2-1-3-5-15/h1-9,16,20H,10,12H2,(H,19,21)/t16-/m1/s1.